The minimum absolute atomic E-state index is 0.0208. The highest BCUT2D eigenvalue weighted by Gasteiger charge is 2.15. The molecule has 0 amide bonds. The van der Waals surface area contributed by atoms with Crippen molar-refractivity contribution < 1.29 is 8.42 Å². The van der Waals surface area contributed by atoms with Crippen molar-refractivity contribution in [2.75, 3.05) is 0 Å². The summed E-state index contributed by atoms with van der Waals surface area (Å²) in [7, 11) is -3.30. The van der Waals surface area contributed by atoms with Gasteiger partial charge in [0, 0.05) is 6.04 Å². The van der Waals surface area contributed by atoms with E-state index in [1.54, 1.807) is 0 Å². The third kappa shape index (κ3) is 4.79. The van der Waals surface area contributed by atoms with Crippen molar-refractivity contribution in [3.8, 4) is 0 Å². The normalized spacial score (nSPS) is 13.1. The monoisotopic (exact) mass is 289 g/mol. The number of benzene rings is 2. The fraction of sp³-hybridized carbons (Fsp3) is 0.250. The van der Waals surface area contributed by atoms with Crippen molar-refractivity contribution >= 4 is 10.0 Å². The number of nitrogens with one attached hydrogen (secondary N) is 1. The first-order chi connectivity index (χ1) is 9.55. The lowest BCUT2D eigenvalue weighted by Gasteiger charge is -2.14. The predicted molar refractivity (Wildman–Crippen MR) is 81.8 cm³/mol. The fourth-order valence-corrected chi connectivity index (χ4v) is 3.56. The second kappa shape index (κ2) is 6.68. The van der Waals surface area contributed by atoms with E-state index >= 15 is 0 Å². The largest absolute Gasteiger partial charge is 0.216 e. The van der Waals surface area contributed by atoms with E-state index < -0.39 is 10.0 Å². The number of hydrogen-bond donors (Lipinski definition) is 1. The molecule has 0 spiro atoms. The molecule has 0 fully saturated rings. The summed E-state index contributed by atoms with van der Waals surface area (Å²) >= 11 is 0. The van der Waals surface area contributed by atoms with Gasteiger partial charge in [0.15, 0.2) is 0 Å². The maximum Gasteiger partial charge on any atom is 0.216 e. The Balaban J connectivity index is 1.94. The average Bonchev–Trinajstić information content (AvgIpc) is 2.39. The standard InChI is InChI=1S/C16H19NO2S/c1-14(12-15-8-4-2-5-9-15)17-20(18,19)13-16-10-6-3-7-11-16/h2-11,14,17H,12-13H2,1H3. The molecule has 0 saturated carbocycles. The lowest BCUT2D eigenvalue weighted by Crippen LogP contribution is -2.34. The molecule has 0 heterocycles. The van der Waals surface area contributed by atoms with Gasteiger partial charge in [0.05, 0.1) is 5.75 Å². The van der Waals surface area contributed by atoms with Crippen LogP contribution in [0.3, 0.4) is 0 Å². The Kier molecular flexibility index (Phi) is 4.93. The van der Waals surface area contributed by atoms with Crippen molar-refractivity contribution in [3.63, 3.8) is 0 Å². The van der Waals surface area contributed by atoms with Gasteiger partial charge in [-0.1, -0.05) is 60.7 Å². The van der Waals surface area contributed by atoms with Crippen LogP contribution in [0.25, 0.3) is 0 Å². The Morgan fingerprint density at radius 3 is 1.95 bits per heavy atom. The van der Waals surface area contributed by atoms with E-state index in [0.717, 1.165) is 11.1 Å². The molecule has 2 aromatic carbocycles. The molecule has 0 aliphatic rings. The molecule has 4 heteroatoms. The summed E-state index contributed by atoms with van der Waals surface area (Å²) < 4.78 is 26.9. The van der Waals surface area contributed by atoms with Crippen LogP contribution in [0.1, 0.15) is 18.1 Å². The number of hydrogen-bond acceptors (Lipinski definition) is 2. The van der Waals surface area contributed by atoms with Gasteiger partial charge in [-0.05, 0) is 24.5 Å². The lowest BCUT2D eigenvalue weighted by molar-refractivity contribution is 0.559. The molecular formula is C16H19NO2S. The van der Waals surface area contributed by atoms with Crippen LogP contribution in [0, 0.1) is 0 Å². The Bertz CT molecular complexity index is 624. The van der Waals surface area contributed by atoms with Crippen LogP contribution in [0.15, 0.2) is 60.7 Å². The molecule has 20 heavy (non-hydrogen) atoms. The van der Waals surface area contributed by atoms with Crippen LogP contribution < -0.4 is 4.72 Å². The highest BCUT2D eigenvalue weighted by atomic mass is 32.2. The van der Waals surface area contributed by atoms with Crippen LogP contribution in [0.2, 0.25) is 0 Å². The summed E-state index contributed by atoms with van der Waals surface area (Å²) in [4.78, 5) is 0. The highest BCUT2D eigenvalue weighted by molar-refractivity contribution is 7.88. The molecule has 0 aliphatic carbocycles. The third-order valence-corrected chi connectivity index (χ3v) is 4.44. The van der Waals surface area contributed by atoms with Gasteiger partial charge in [0.2, 0.25) is 10.0 Å². The fourth-order valence-electron chi connectivity index (χ4n) is 2.15. The first kappa shape index (κ1) is 14.8. The second-order valence-corrected chi connectivity index (χ2v) is 6.71. The molecule has 1 unspecified atom stereocenters. The zero-order valence-corrected chi connectivity index (χ0v) is 12.3. The van der Waals surface area contributed by atoms with Gasteiger partial charge in [-0.2, -0.15) is 0 Å². The topological polar surface area (TPSA) is 46.2 Å². The minimum atomic E-state index is -3.30. The molecule has 106 valence electrons. The van der Waals surface area contributed by atoms with E-state index in [9.17, 15) is 8.42 Å². The molecule has 0 radical (unpaired) electrons. The molecule has 2 aromatic rings. The van der Waals surface area contributed by atoms with Crippen molar-refractivity contribution in [1.82, 2.24) is 4.72 Å². The SMILES string of the molecule is CC(Cc1ccccc1)NS(=O)(=O)Cc1ccccc1. The second-order valence-electron chi connectivity index (χ2n) is 4.95. The molecular weight excluding hydrogens is 270 g/mol. The van der Waals surface area contributed by atoms with E-state index in [1.807, 2.05) is 67.6 Å². The Morgan fingerprint density at radius 1 is 0.900 bits per heavy atom. The van der Waals surface area contributed by atoms with Crippen LogP contribution >= 0.6 is 0 Å². The zero-order valence-electron chi connectivity index (χ0n) is 11.5. The van der Waals surface area contributed by atoms with Crippen molar-refractivity contribution in [2.24, 2.45) is 0 Å². The molecule has 2 rings (SSSR count). The van der Waals surface area contributed by atoms with Crippen molar-refractivity contribution in [3.05, 3.63) is 71.8 Å². The van der Waals surface area contributed by atoms with Gasteiger partial charge in [-0.15, -0.1) is 0 Å². The summed E-state index contributed by atoms with van der Waals surface area (Å²) in [5.74, 6) is 0.0208. The van der Waals surface area contributed by atoms with E-state index in [4.69, 9.17) is 0 Å². The first-order valence-electron chi connectivity index (χ1n) is 6.63. The number of rotatable bonds is 6. The molecule has 1 atom stereocenters. The van der Waals surface area contributed by atoms with E-state index in [1.165, 1.54) is 0 Å². The summed E-state index contributed by atoms with van der Waals surface area (Å²) in [6, 6.07) is 19.0. The van der Waals surface area contributed by atoms with Crippen molar-refractivity contribution in [2.45, 2.75) is 25.1 Å². The van der Waals surface area contributed by atoms with Crippen LogP contribution in [-0.4, -0.2) is 14.5 Å². The third-order valence-electron chi connectivity index (χ3n) is 2.96. The van der Waals surface area contributed by atoms with E-state index in [0.29, 0.717) is 6.42 Å². The summed E-state index contributed by atoms with van der Waals surface area (Å²) in [6.07, 6.45) is 0.689. The molecule has 0 aromatic heterocycles. The highest BCUT2D eigenvalue weighted by Crippen LogP contribution is 2.07. The Morgan fingerprint density at radius 2 is 1.40 bits per heavy atom. The van der Waals surface area contributed by atoms with Crippen LogP contribution in [0.5, 0.6) is 0 Å². The maximum absolute atomic E-state index is 12.1. The summed E-state index contributed by atoms with van der Waals surface area (Å²) in [6.45, 7) is 1.88. The van der Waals surface area contributed by atoms with Crippen LogP contribution in [-0.2, 0) is 22.2 Å². The smallest absolute Gasteiger partial charge is 0.212 e. The Labute approximate surface area is 120 Å². The van der Waals surface area contributed by atoms with Gasteiger partial charge < -0.3 is 0 Å². The number of sulfonamides is 1. The maximum atomic E-state index is 12.1. The van der Waals surface area contributed by atoms with Gasteiger partial charge >= 0.3 is 0 Å². The lowest BCUT2D eigenvalue weighted by atomic mass is 10.1. The first-order valence-corrected chi connectivity index (χ1v) is 8.28. The minimum Gasteiger partial charge on any atom is -0.212 e. The predicted octanol–water partition coefficient (Wildman–Crippen LogP) is 2.74. The van der Waals surface area contributed by atoms with Crippen molar-refractivity contribution in [1.29, 1.82) is 0 Å². The zero-order chi connectivity index (χ0) is 14.4. The molecule has 0 saturated heterocycles. The molecule has 3 nitrogen and oxygen atoms in total. The summed E-state index contributed by atoms with van der Waals surface area (Å²) in [5.41, 5.74) is 1.93. The summed E-state index contributed by atoms with van der Waals surface area (Å²) in [5, 5.41) is 0. The Hall–Kier alpha value is -1.65. The average molecular weight is 289 g/mol. The van der Waals surface area contributed by atoms with Gasteiger partial charge in [0.25, 0.3) is 0 Å². The quantitative estimate of drug-likeness (QED) is 0.889. The molecule has 0 aliphatic heterocycles. The van der Waals surface area contributed by atoms with Crippen LogP contribution in [0.4, 0.5) is 0 Å². The van der Waals surface area contributed by atoms with Gasteiger partial charge in [0.1, 0.15) is 0 Å². The van der Waals surface area contributed by atoms with E-state index in [-0.39, 0.29) is 11.8 Å². The molecule has 0 bridgehead atoms. The molecule has 1 N–H and O–H groups in total. The van der Waals surface area contributed by atoms with Gasteiger partial charge in [-0.3, -0.25) is 0 Å². The van der Waals surface area contributed by atoms with Gasteiger partial charge in [-0.25, -0.2) is 13.1 Å². The van der Waals surface area contributed by atoms with E-state index in [2.05, 4.69) is 4.72 Å².